The quantitative estimate of drug-likeness (QED) is 0.560. The third-order valence-corrected chi connectivity index (χ3v) is 4.59. The van der Waals surface area contributed by atoms with Crippen LogP contribution in [0.15, 0.2) is 24.3 Å². The van der Waals surface area contributed by atoms with Gasteiger partial charge in [0.05, 0.1) is 24.2 Å². The third-order valence-electron chi connectivity index (χ3n) is 3.75. The zero-order chi connectivity index (χ0) is 19.4. The molecule has 0 saturated carbocycles. The van der Waals surface area contributed by atoms with E-state index in [0.717, 1.165) is 16.2 Å². The zero-order valence-electron chi connectivity index (χ0n) is 14.4. The normalized spacial score (nSPS) is 12.9. The lowest BCUT2D eigenvalue weighted by Crippen LogP contribution is -2.32. The Kier molecular flexibility index (Phi) is 5.55. The fraction of sp³-hybridized carbons (Fsp3) is 0.294. The summed E-state index contributed by atoms with van der Waals surface area (Å²) >= 11 is 1.06. The highest BCUT2D eigenvalue weighted by Gasteiger charge is 2.34. The first-order valence-corrected chi connectivity index (χ1v) is 9.04. The second kappa shape index (κ2) is 8.04. The summed E-state index contributed by atoms with van der Waals surface area (Å²) < 4.78 is 4.82. The molecule has 9 nitrogen and oxygen atoms in total. The Hall–Kier alpha value is -3.14. The maximum Gasteiger partial charge on any atom is 0.312 e. The van der Waals surface area contributed by atoms with Crippen molar-refractivity contribution in [1.29, 1.82) is 0 Å². The van der Waals surface area contributed by atoms with Crippen molar-refractivity contribution < 1.29 is 23.9 Å². The van der Waals surface area contributed by atoms with Crippen molar-refractivity contribution in [2.45, 2.75) is 19.8 Å². The van der Waals surface area contributed by atoms with Crippen molar-refractivity contribution in [1.82, 2.24) is 15.1 Å². The molecule has 1 aromatic carbocycles. The van der Waals surface area contributed by atoms with E-state index in [2.05, 4.69) is 15.5 Å². The van der Waals surface area contributed by atoms with Crippen molar-refractivity contribution in [3.8, 4) is 0 Å². The highest BCUT2D eigenvalue weighted by atomic mass is 32.1. The minimum Gasteiger partial charge on any atom is -0.466 e. The van der Waals surface area contributed by atoms with Gasteiger partial charge in [-0.1, -0.05) is 23.5 Å². The fourth-order valence-electron chi connectivity index (χ4n) is 2.55. The van der Waals surface area contributed by atoms with Gasteiger partial charge >= 0.3 is 5.97 Å². The molecular weight excluding hydrogens is 372 g/mol. The van der Waals surface area contributed by atoms with Gasteiger partial charge < -0.3 is 10.1 Å². The Morgan fingerprint density at radius 2 is 1.81 bits per heavy atom. The number of benzene rings is 1. The molecule has 0 aliphatic carbocycles. The van der Waals surface area contributed by atoms with Gasteiger partial charge in [-0.05, 0) is 19.1 Å². The number of ether oxygens (including phenoxy) is 1. The molecular formula is C17H16N4O5S. The topological polar surface area (TPSA) is 119 Å². The Bertz CT molecular complexity index is 875. The van der Waals surface area contributed by atoms with Crippen molar-refractivity contribution in [2.75, 3.05) is 18.5 Å². The molecule has 0 spiro atoms. The summed E-state index contributed by atoms with van der Waals surface area (Å²) in [6.07, 6.45) is -0.0886. The third kappa shape index (κ3) is 4.17. The Morgan fingerprint density at radius 1 is 1.15 bits per heavy atom. The SMILES string of the molecule is CCOC(=O)Cc1nnc(NC(=O)CCN2C(=O)c3ccccc3C2=O)s1. The average molecular weight is 388 g/mol. The first-order chi connectivity index (χ1) is 13.0. The Labute approximate surface area is 158 Å². The van der Waals surface area contributed by atoms with E-state index < -0.39 is 23.7 Å². The van der Waals surface area contributed by atoms with Gasteiger partial charge in [-0.15, -0.1) is 10.2 Å². The lowest BCUT2D eigenvalue weighted by molar-refractivity contribution is -0.142. The molecule has 0 saturated heterocycles. The maximum absolute atomic E-state index is 12.2. The van der Waals surface area contributed by atoms with Crippen molar-refractivity contribution in [3.63, 3.8) is 0 Å². The van der Waals surface area contributed by atoms with Crippen LogP contribution in [0.5, 0.6) is 0 Å². The lowest BCUT2D eigenvalue weighted by atomic mass is 10.1. The predicted molar refractivity (Wildman–Crippen MR) is 95.3 cm³/mol. The molecule has 2 heterocycles. The Morgan fingerprint density at radius 3 is 2.44 bits per heavy atom. The van der Waals surface area contributed by atoms with Gasteiger partial charge in [0.15, 0.2) is 0 Å². The lowest BCUT2D eigenvalue weighted by Gasteiger charge is -2.12. The van der Waals surface area contributed by atoms with E-state index in [1.165, 1.54) is 0 Å². The number of esters is 1. The van der Waals surface area contributed by atoms with Crippen LogP contribution in [0.4, 0.5) is 5.13 Å². The maximum atomic E-state index is 12.2. The first-order valence-electron chi connectivity index (χ1n) is 8.22. The highest BCUT2D eigenvalue weighted by Crippen LogP contribution is 2.22. The number of hydrogen-bond donors (Lipinski definition) is 1. The number of nitrogens with zero attached hydrogens (tertiary/aromatic N) is 3. The average Bonchev–Trinajstić information content (AvgIpc) is 3.17. The van der Waals surface area contributed by atoms with Gasteiger partial charge in [0.2, 0.25) is 11.0 Å². The van der Waals surface area contributed by atoms with Gasteiger partial charge in [-0.2, -0.15) is 0 Å². The number of hydrogen-bond acceptors (Lipinski definition) is 8. The zero-order valence-corrected chi connectivity index (χ0v) is 15.2. The molecule has 27 heavy (non-hydrogen) atoms. The summed E-state index contributed by atoms with van der Waals surface area (Å²) in [5.74, 6) is -1.64. The number of rotatable bonds is 7. The predicted octanol–water partition coefficient (Wildman–Crippen LogP) is 1.27. The number of fused-ring (bicyclic) bond motifs is 1. The van der Waals surface area contributed by atoms with Gasteiger partial charge in [0.1, 0.15) is 5.01 Å². The molecule has 0 radical (unpaired) electrons. The minimum atomic E-state index is -0.419. The van der Waals surface area contributed by atoms with Crippen molar-refractivity contribution in [2.24, 2.45) is 0 Å². The van der Waals surface area contributed by atoms with Crippen molar-refractivity contribution >= 4 is 40.2 Å². The van der Waals surface area contributed by atoms with Gasteiger partial charge in [-0.25, -0.2) is 0 Å². The van der Waals surface area contributed by atoms with E-state index in [1.807, 2.05) is 0 Å². The van der Waals surface area contributed by atoms with E-state index in [1.54, 1.807) is 31.2 Å². The number of imide groups is 1. The number of nitrogens with one attached hydrogen (secondary N) is 1. The van der Waals surface area contributed by atoms with Gasteiger partial charge in [-0.3, -0.25) is 24.1 Å². The van der Waals surface area contributed by atoms with Crippen LogP contribution in [0, 0.1) is 0 Å². The van der Waals surface area contributed by atoms with E-state index in [0.29, 0.717) is 16.1 Å². The summed E-state index contributed by atoms with van der Waals surface area (Å²) in [7, 11) is 0. The number of carbonyl (C=O) groups is 4. The van der Waals surface area contributed by atoms with Crippen LogP contribution in [-0.2, 0) is 20.7 Å². The molecule has 0 atom stereocenters. The van der Waals surface area contributed by atoms with Crippen LogP contribution < -0.4 is 5.32 Å². The second-order valence-electron chi connectivity index (χ2n) is 5.59. The number of aromatic nitrogens is 2. The summed E-state index contributed by atoms with van der Waals surface area (Å²) in [5, 5.41) is 10.8. The van der Waals surface area contributed by atoms with Crippen LogP contribution in [0.1, 0.15) is 39.1 Å². The molecule has 1 aromatic heterocycles. The highest BCUT2D eigenvalue weighted by molar-refractivity contribution is 7.15. The molecule has 2 aromatic rings. The standard InChI is InChI=1S/C17H16N4O5S/c1-2-26-14(23)9-13-19-20-17(27-13)18-12(22)7-8-21-15(24)10-5-3-4-6-11(10)16(21)25/h3-6H,2,7-9H2,1H3,(H,18,20,22). The van der Waals surface area contributed by atoms with Gasteiger partial charge in [0.25, 0.3) is 11.8 Å². The second-order valence-corrected chi connectivity index (χ2v) is 6.65. The number of anilines is 1. The smallest absolute Gasteiger partial charge is 0.312 e. The molecule has 0 fully saturated rings. The number of amides is 3. The molecule has 0 bridgehead atoms. The largest absolute Gasteiger partial charge is 0.466 e. The molecule has 3 rings (SSSR count). The summed E-state index contributed by atoms with van der Waals surface area (Å²) in [6.45, 7) is 1.95. The number of carbonyl (C=O) groups excluding carboxylic acids is 4. The minimum absolute atomic E-state index is 0.0174. The van der Waals surface area contributed by atoms with E-state index in [9.17, 15) is 19.2 Å². The van der Waals surface area contributed by atoms with E-state index in [-0.39, 0.29) is 31.1 Å². The van der Waals surface area contributed by atoms with Crippen LogP contribution in [0.2, 0.25) is 0 Å². The molecule has 10 heteroatoms. The molecule has 140 valence electrons. The van der Waals surface area contributed by atoms with Crippen LogP contribution in [0.25, 0.3) is 0 Å². The molecule has 1 aliphatic heterocycles. The Balaban J connectivity index is 1.52. The van der Waals surface area contributed by atoms with Gasteiger partial charge in [0, 0.05) is 13.0 Å². The van der Waals surface area contributed by atoms with Crippen LogP contribution >= 0.6 is 11.3 Å². The fourth-order valence-corrected chi connectivity index (χ4v) is 3.29. The summed E-state index contributed by atoms with van der Waals surface area (Å²) in [6, 6.07) is 6.54. The van der Waals surface area contributed by atoms with Crippen LogP contribution in [0.3, 0.4) is 0 Å². The molecule has 0 unspecified atom stereocenters. The van der Waals surface area contributed by atoms with E-state index in [4.69, 9.17) is 4.74 Å². The molecule has 1 N–H and O–H groups in total. The van der Waals surface area contributed by atoms with E-state index >= 15 is 0 Å². The van der Waals surface area contributed by atoms with Crippen molar-refractivity contribution in [3.05, 3.63) is 40.4 Å². The van der Waals surface area contributed by atoms with Crippen LogP contribution in [-0.4, -0.2) is 51.9 Å². The monoisotopic (exact) mass is 388 g/mol. The summed E-state index contributed by atoms with van der Waals surface area (Å²) in [4.78, 5) is 49.0. The summed E-state index contributed by atoms with van der Waals surface area (Å²) in [5.41, 5.74) is 0.686. The first kappa shape index (κ1) is 18.6. The molecule has 3 amide bonds. The molecule has 1 aliphatic rings.